The molecule has 0 heterocycles. The van der Waals surface area contributed by atoms with Gasteiger partial charge in [0.15, 0.2) is 5.78 Å². The fraction of sp³-hybridized carbons (Fsp3) is 0.500. The van der Waals surface area contributed by atoms with Gasteiger partial charge in [0.05, 0.1) is 0 Å². The Morgan fingerprint density at radius 3 is 1.80 bits per heavy atom. The maximum atomic E-state index is 12.2. The molecule has 0 aliphatic rings. The molecule has 82 valence electrons. The van der Waals surface area contributed by atoms with E-state index in [1.54, 1.807) is 0 Å². The van der Waals surface area contributed by atoms with Crippen molar-refractivity contribution < 1.29 is 4.79 Å². The van der Waals surface area contributed by atoms with E-state index in [0.717, 1.165) is 5.56 Å². The minimum Gasteiger partial charge on any atom is -0.294 e. The number of rotatable bonds is 4. The first-order valence-corrected chi connectivity index (χ1v) is 5.63. The molecule has 0 bridgehead atoms. The van der Waals surface area contributed by atoms with Crippen LogP contribution in [0.25, 0.3) is 0 Å². The molecule has 0 spiro atoms. The van der Waals surface area contributed by atoms with E-state index in [4.69, 9.17) is 0 Å². The van der Waals surface area contributed by atoms with Crippen molar-refractivity contribution in [3.63, 3.8) is 0 Å². The number of ketones is 1. The molecule has 15 heavy (non-hydrogen) atoms. The molecule has 1 rings (SSSR count). The van der Waals surface area contributed by atoms with E-state index in [1.165, 1.54) is 0 Å². The Labute approximate surface area is 92.5 Å². The normalized spacial score (nSPS) is 11.4. The van der Waals surface area contributed by atoms with Crippen molar-refractivity contribution in [2.45, 2.75) is 27.7 Å². The third-order valence-corrected chi connectivity index (χ3v) is 2.80. The van der Waals surface area contributed by atoms with Crippen LogP contribution in [0.15, 0.2) is 30.3 Å². The Morgan fingerprint density at radius 1 is 0.933 bits per heavy atom. The van der Waals surface area contributed by atoms with E-state index in [0.29, 0.717) is 11.8 Å². The Hall–Kier alpha value is -1.11. The van der Waals surface area contributed by atoms with Gasteiger partial charge in [0.1, 0.15) is 0 Å². The van der Waals surface area contributed by atoms with Crippen LogP contribution in [0, 0.1) is 17.8 Å². The van der Waals surface area contributed by atoms with Crippen LogP contribution < -0.4 is 0 Å². The molecule has 0 unspecified atom stereocenters. The van der Waals surface area contributed by atoms with Crippen LogP contribution in [-0.4, -0.2) is 5.78 Å². The summed E-state index contributed by atoms with van der Waals surface area (Å²) in [6.07, 6.45) is 0. The van der Waals surface area contributed by atoms with Crippen LogP contribution in [0.2, 0.25) is 0 Å². The van der Waals surface area contributed by atoms with E-state index >= 15 is 0 Å². The Balaban J connectivity index is 2.92. The summed E-state index contributed by atoms with van der Waals surface area (Å²) in [7, 11) is 0. The number of benzene rings is 1. The van der Waals surface area contributed by atoms with E-state index in [1.807, 2.05) is 30.3 Å². The molecule has 1 aromatic carbocycles. The fourth-order valence-corrected chi connectivity index (χ4v) is 2.17. The van der Waals surface area contributed by atoms with Gasteiger partial charge in [0.2, 0.25) is 0 Å². The molecule has 0 amide bonds. The van der Waals surface area contributed by atoms with E-state index in [2.05, 4.69) is 27.7 Å². The summed E-state index contributed by atoms with van der Waals surface area (Å²) in [6.45, 7) is 8.47. The van der Waals surface area contributed by atoms with Crippen molar-refractivity contribution in [3.8, 4) is 0 Å². The van der Waals surface area contributed by atoms with Gasteiger partial charge in [-0.1, -0.05) is 58.0 Å². The minimum atomic E-state index is 0.132. The summed E-state index contributed by atoms with van der Waals surface area (Å²) in [5, 5.41) is 0. The molecule has 0 saturated heterocycles. The lowest BCUT2D eigenvalue weighted by molar-refractivity contribution is 0.0839. The summed E-state index contributed by atoms with van der Waals surface area (Å²) >= 11 is 0. The lowest BCUT2D eigenvalue weighted by atomic mass is 9.80. The lowest BCUT2D eigenvalue weighted by Gasteiger charge is -2.23. The third kappa shape index (κ3) is 2.92. The molecule has 1 aromatic rings. The van der Waals surface area contributed by atoms with Gasteiger partial charge in [-0.25, -0.2) is 0 Å². The van der Waals surface area contributed by atoms with Crippen molar-refractivity contribution >= 4 is 5.78 Å². The number of Topliss-reactive ketones (excluding diaryl/α,β-unsaturated/α-hetero) is 1. The summed E-state index contributed by atoms with van der Waals surface area (Å²) < 4.78 is 0. The zero-order valence-corrected chi connectivity index (χ0v) is 10.0. The molecular formula is C14H20O. The molecule has 1 nitrogen and oxygen atoms in total. The largest absolute Gasteiger partial charge is 0.294 e. The highest BCUT2D eigenvalue weighted by Crippen LogP contribution is 2.24. The highest BCUT2D eigenvalue weighted by atomic mass is 16.1. The molecule has 0 aliphatic carbocycles. The maximum Gasteiger partial charge on any atom is 0.166 e. The maximum absolute atomic E-state index is 12.2. The Bertz CT molecular complexity index is 303. The highest BCUT2D eigenvalue weighted by molar-refractivity contribution is 5.98. The second kappa shape index (κ2) is 5.11. The van der Waals surface area contributed by atoms with E-state index < -0.39 is 0 Å². The van der Waals surface area contributed by atoms with Gasteiger partial charge < -0.3 is 0 Å². The Kier molecular flexibility index (Phi) is 4.07. The topological polar surface area (TPSA) is 17.1 Å². The monoisotopic (exact) mass is 204 g/mol. The van der Waals surface area contributed by atoms with E-state index in [-0.39, 0.29) is 11.7 Å². The average molecular weight is 204 g/mol. The molecule has 0 saturated carbocycles. The van der Waals surface area contributed by atoms with Crippen molar-refractivity contribution in [2.75, 3.05) is 0 Å². The predicted molar refractivity (Wildman–Crippen MR) is 63.9 cm³/mol. The van der Waals surface area contributed by atoms with E-state index in [9.17, 15) is 4.79 Å². The number of hydrogen-bond acceptors (Lipinski definition) is 1. The predicted octanol–water partition coefficient (Wildman–Crippen LogP) is 3.80. The van der Waals surface area contributed by atoms with Crippen molar-refractivity contribution in [3.05, 3.63) is 35.9 Å². The molecular weight excluding hydrogens is 184 g/mol. The van der Waals surface area contributed by atoms with Crippen molar-refractivity contribution in [2.24, 2.45) is 17.8 Å². The van der Waals surface area contributed by atoms with Gasteiger partial charge in [0.25, 0.3) is 0 Å². The first kappa shape index (κ1) is 12.0. The summed E-state index contributed by atoms with van der Waals surface area (Å²) in [5.41, 5.74) is 0.838. The first-order valence-electron chi connectivity index (χ1n) is 5.63. The van der Waals surface area contributed by atoms with Crippen LogP contribution in [0.4, 0.5) is 0 Å². The third-order valence-electron chi connectivity index (χ3n) is 2.80. The smallest absolute Gasteiger partial charge is 0.166 e. The van der Waals surface area contributed by atoms with Gasteiger partial charge in [-0.2, -0.15) is 0 Å². The SMILES string of the molecule is CC(C)C(C(=O)c1ccccc1)C(C)C. The van der Waals surface area contributed by atoms with Gasteiger partial charge in [-0.05, 0) is 11.8 Å². The number of hydrogen-bond donors (Lipinski definition) is 0. The van der Waals surface area contributed by atoms with Gasteiger partial charge in [0, 0.05) is 11.5 Å². The van der Waals surface area contributed by atoms with Crippen molar-refractivity contribution in [1.29, 1.82) is 0 Å². The second-order valence-corrected chi connectivity index (χ2v) is 4.74. The van der Waals surface area contributed by atoms with Gasteiger partial charge in [-0.3, -0.25) is 4.79 Å². The zero-order valence-electron chi connectivity index (χ0n) is 10.0. The molecule has 0 fully saturated rings. The molecule has 0 aromatic heterocycles. The number of carbonyl (C=O) groups excluding carboxylic acids is 1. The van der Waals surface area contributed by atoms with Crippen LogP contribution in [0.1, 0.15) is 38.1 Å². The van der Waals surface area contributed by atoms with Crippen LogP contribution in [0.5, 0.6) is 0 Å². The standard InChI is InChI=1S/C14H20O/c1-10(2)13(11(3)4)14(15)12-8-6-5-7-9-12/h5-11,13H,1-4H3. The summed E-state index contributed by atoms with van der Waals surface area (Å²) in [5.74, 6) is 1.21. The number of carbonyl (C=O) groups is 1. The van der Waals surface area contributed by atoms with Crippen LogP contribution >= 0.6 is 0 Å². The molecule has 0 N–H and O–H groups in total. The van der Waals surface area contributed by atoms with Gasteiger partial charge >= 0.3 is 0 Å². The quantitative estimate of drug-likeness (QED) is 0.682. The molecule has 1 heteroatoms. The summed E-state index contributed by atoms with van der Waals surface area (Å²) in [4.78, 5) is 12.2. The van der Waals surface area contributed by atoms with Gasteiger partial charge in [-0.15, -0.1) is 0 Å². The fourth-order valence-electron chi connectivity index (χ4n) is 2.17. The highest BCUT2D eigenvalue weighted by Gasteiger charge is 2.25. The first-order chi connectivity index (χ1) is 7.04. The Morgan fingerprint density at radius 2 is 1.40 bits per heavy atom. The van der Waals surface area contributed by atoms with Crippen LogP contribution in [0.3, 0.4) is 0 Å². The average Bonchev–Trinajstić information content (AvgIpc) is 2.18. The van der Waals surface area contributed by atoms with Crippen LogP contribution in [-0.2, 0) is 0 Å². The molecule has 0 aliphatic heterocycles. The second-order valence-electron chi connectivity index (χ2n) is 4.74. The lowest BCUT2D eigenvalue weighted by Crippen LogP contribution is -2.25. The summed E-state index contributed by atoms with van der Waals surface area (Å²) in [6, 6.07) is 9.59. The van der Waals surface area contributed by atoms with Crippen molar-refractivity contribution in [1.82, 2.24) is 0 Å². The minimum absolute atomic E-state index is 0.132. The zero-order chi connectivity index (χ0) is 11.4. The molecule has 0 radical (unpaired) electrons. The molecule has 0 atom stereocenters.